The number of esters is 1. The van der Waals surface area contributed by atoms with Gasteiger partial charge in [-0.2, -0.15) is 4.31 Å². The Hall–Kier alpha value is -0.440. The molecule has 1 aromatic rings. The molecule has 5 nitrogen and oxygen atoms in total. The molecule has 0 aromatic carbocycles. The highest BCUT2D eigenvalue weighted by molar-refractivity contribution is 9.11. The quantitative estimate of drug-likeness (QED) is 0.735. The molecule has 1 aliphatic heterocycles. The van der Waals surface area contributed by atoms with Gasteiger partial charge < -0.3 is 4.74 Å². The predicted molar refractivity (Wildman–Crippen MR) is 84.9 cm³/mol. The van der Waals surface area contributed by atoms with Gasteiger partial charge in [-0.25, -0.2) is 8.42 Å². The van der Waals surface area contributed by atoms with E-state index in [9.17, 15) is 13.2 Å². The number of hydrogen-bond donors (Lipinski definition) is 0. The van der Waals surface area contributed by atoms with E-state index in [1.54, 1.807) is 19.9 Å². The smallest absolute Gasteiger partial charge is 0.310 e. The second-order valence-electron chi connectivity index (χ2n) is 4.93. The Bertz CT molecular complexity index is 626. The van der Waals surface area contributed by atoms with Crippen LogP contribution >= 0.6 is 27.3 Å². The highest BCUT2D eigenvalue weighted by atomic mass is 79.9. The molecule has 0 saturated carbocycles. The van der Waals surface area contributed by atoms with Crippen molar-refractivity contribution >= 4 is 43.3 Å². The van der Waals surface area contributed by atoms with Gasteiger partial charge in [0, 0.05) is 18.0 Å². The number of aryl methyl sites for hydroxylation is 1. The van der Waals surface area contributed by atoms with Crippen molar-refractivity contribution in [1.29, 1.82) is 0 Å². The van der Waals surface area contributed by atoms with Crippen molar-refractivity contribution in [2.24, 2.45) is 5.92 Å². The molecule has 8 heteroatoms. The molecule has 0 spiro atoms. The van der Waals surface area contributed by atoms with Gasteiger partial charge in [-0.1, -0.05) is 0 Å². The summed E-state index contributed by atoms with van der Waals surface area (Å²) < 4.78 is 32.6. The van der Waals surface area contributed by atoms with Crippen molar-refractivity contribution in [3.63, 3.8) is 0 Å². The van der Waals surface area contributed by atoms with Crippen molar-refractivity contribution in [3.8, 4) is 0 Å². The summed E-state index contributed by atoms with van der Waals surface area (Å²) in [7, 11) is -3.55. The number of sulfonamides is 1. The topological polar surface area (TPSA) is 63.7 Å². The summed E-state index contributed by atoms with van der Waals surface area (Å²) >= 11 is 4.71. The second kappa shape index (κ2) is 6.76. The van der Waals surface area contributed by atoms with Gasteiger partial charge in [-0.15, -0.1) is 11.3 Å². The van der Waals surface area contributed by atoms with Crippen LogP contribution in [-0.2, 0) is 19.6 Å². The number of ether oxygens (including phenoxy) is 1. The molecule has 21 heavy (non-hydrogen) atoms. The molecule has 1 saturated heterocycles. The van der Waals surface area contributed by atoms with Crippen LogP contribution in [-0.4, -0.2) is 38.4 Å². The highest BCUT2D eigenvalue weighted by Crippen LogP contribution is 2.33. The van der Waals surface area contributed by atoms with E-state index in [-0.39, 0.29) is 18.4 Å². The average Bonchev–Trinajstić information content (AvgIpc) is 2.79. The van der Waals surface area contributed by atoms with E-state index in [1.807, 2.05) is 0 Å². The van der Waals surface area contributed by atoms with Gasteiger partial charge in [0.25, 0.3) is 0 Å². The molecule has 1 aliphatic rings. The summed E-state index contributed by atoms with van der Waals surface area (Å²) in [4.78, 5) is 12.9. The number of thiophene rings is 1. The standard InChI is InChI=1S/C13H18BrNO4S2/c1-3-19-13(16)10-5-4-6-15(8-10)21(17,18)11-7-12(14)20-9(11)2/h7,10H,3-6,8H2,1-2H3. The summed E-state index contributed by atoms with van der Waals surface area (Å²) in [5, 5.41) is 0. The zero-order chi connectivity index (χ0) is 15.6. The maximum Gasteiger partial charge on any atom is 0.310 e. The fraction of sp³-hybridized carbons (Fsp3) is 0.615. The SMILES string of the molecule is CCOC(=O)C1CCCN(S(=O)(=O)c2cc(Br)sc2C)C1. The first kappa shape index (κ1) is 16.9. The van der Waals surface area contributed by atoms with Crippen molar-refractivity contribution in [3.05, 3.63) is 14.7 Å². The maximum atomic E-state index is 12.7. The molecule has 1 aromatic heterocycles. The minimum absolute atomic E-state index is 0.202. The fourth-order valence-corrected chi connectivity index (χ4v) is 6.35. The molecule has 118 valence electrons. The summed E-state index contributed by atoms with van der Waals surface area (Å²) in [6.07, 6.45) is 1.35. The van der Waals surface area contributed by atoms with E-state index in [2.05, 4.69) is 15.9 Å². The van der Waals surface area contributed by atoms with Crippen molar-refractivity contribution in [1.82, 2.24) is 4.31 Å². The Labute approximate surface area is 137 Å². The predicted octanol–water partition coefficient (Wildman–Crippen LogP) is 2.78. The molecule has 0 aliphatic carbocycles. The van der Waals surface area contributed by atoms with Crippen molar-refractivity contribution in [2.75, 3.05) is 19.7 Å². The lowest BCUT2D eigenvalue weighted by Gasteiger charge is -2.30. The Morgan fingerprint density at radius 3 is 2.86 bits per heavy atom. The zero-order valence-corrected chi connectivity index (χ0v) is 15.2. The Kier molecular flexibility index (Phi) is 5.45. The number of halogens is 1. The maximum absolute atomic E-state index is 12.7. The minimum atomic E-state index is -3.55. The number of carbonyl (C=O) groups excluding carboxylic acids is 1. The van der Waals surface area contributed by atoms with E-state index in [1.165, 1.54) is 15.6 Å². The summed E-state index contributed by atoms with van der Waals surface area (Å²) in [5.41, 5.74) is 0. The monoisotopic (exact) mass is 395 g/mol. The van der Waals surface area contributed by atoms with Gasteiger partial charge in [0.15, 0.2) is 0 Å². The molecule has 0 amide bonds. The van der Waals surface area contributed by atoms with E-state index in [0.717, 1.165) is 8.66 Å². The summed E-state index contributed by atoms with van der Waals surface area (Å²) in [6, 6.07) is 1.63. The Morgan fingerprint density at radius 2 is 2.29 bits per heavy atom. The first-order chi connectivity index (χ1) is 9.86. The van der Waals surface area contributed by atoms with Gasteiger partial charge in [-0.3, -0.25) is 4.79 Å². The largest absolute Gasteiger partial charge is 0.466 e. The van der Waals surface area contributed by atoms with Crippen LogP contribution in [0.3, 0.4) is 0 Å². The van der Waals surface area contributed by atoms with Crippen LogP contribution < -0.4 is 0 Å². The van der Waals surface area contributed by atoms with Crippen LogP contribution in [0.25, 0.3) is 0 Å². The van der Waals surface area contributed by atoms with E-state index in [0.29, 0.717) is 30.9 Å². The molecule has 0 bridgehead atoms. The van der Waals surface area contributed by atoms with Crippen LogP contribution in [0.4, 0.5) is 0 Å². The van der Waals surface area contributed by atoms with E-state index < -0.39 is 10.0 Å². The number of carbonyl (C=O) groups is 1. The molecule has 2 heterocycles. The van der Waals surface area contributed by atoms with Crippen LogP contribution in [0, 0.1) is 12.8 Å². The third kappa shape index (κ3) is 3.67. The lowest BCUT2D eigenvalue weighted by Crippen LogP contribution is -2.42. The molecule has 1 unspecified atom stereocenters. The molecule has 1 fully saturated rings. The number of hydrogen-bond acceptors (Lipinski definition) is 5. The minimum Gasteiger partial charge on any atom is -0.466 e. The summed E-state index contributed by atoms with van der Waals surface area (Å²) in [6.45, 7) is 4.51. The Balaban J connectivity index is 2.20. The lowest BCUT2D eigenvalue weighted by atomic mass is 10.0. The molecular weight excluding hydrogens is 378 g/mol. The number of nitrogens with zero attached hydrogens (tertiary/aromatic N) is 1. The third-order valence-corrected chi connectivity index (χ3v) is 7.14. The number of rotatable bonds is 4. The highest BCUT2D eigenvalue weighted by Gasteiger charge is 2.35. The van der Waals surface area contributed by atoms with E-state index in [4.69, 9.17) is 4.74 Å². The van der Waals surface area contributed by atoms with E-state index >= 15 is 0 Å². The molecule has 1 atom stereocenters. The second-order valence-corrected chi connectivity index (χ2v) is 9.47. The molecule has 2 rings (SSSR count). The third-order valence-electron chi connectivity index (χ3n) is 3.46. The molecular formula is C13H18BrNO4S2. The normalized spacial score (nSPS) is 20.4. The first-order valence-electron chi connectivity index (χ1n) is 6.79. The van der Waals surface area contributed by atoms with Gasteiger partial charge in [0.05, 0.1) is 21.2 Å². The van der Waals surface area contributed by atoms with Crippen LogP contribution in [0.2, 0.25) is 0 Å². The fourth-order valence-electron chi connectivity index (χ4n) is 2.44. The van der Waals surface area contributed by atoms with Crippen LogP contribution in [0.5, 0.6) is 0 Å². The Morgan fingerprint density at radius 1 is 1.57 bits per heavy atom. The van der Waals surface area contributed by atoms with Crippen LogP contribution in [0.15, 0.2) is 14.7 Å². The zero-order valence-electron chi connectivity index (χ0n) is 12.0. The van der Waals surface area contributed by atoms with Gasteiger partial charge in [-0.05, 0) is 48.7 Å². The van der Waals surface area contributed by atoms with Crippen molar-refractivity contribution < 1.29 is 17.9 Å². The lowest BCUT2D eigenvalue weighted by molar-refractivity contribution is -0.149. The molecule has 0 radical (unpaired) electrons. The van der Waals surface area contributed by atoms with Crippen LogP contribution in [0.1, 0.15) is 24.6 Å². The van der Waals surface area contributed by atoms with Gasteiger partial charge in [0.1, 0.15) is 0 Å². The first-order valence-corrected chi connectivity index (χ1v) is 9.84. The average molecular weight is 396 g/mol. The van der Waals surface area contributed by atoms with Gasteiger partial charge in [0.2, 0.25) is 10.0 Å². The number of piperidine rings is 1. The van der Waals surface area contributed by atoms with Gasteiger partial charge >= 0.3 is 5.97 Å². The van der Waals surface area contributed by atoms with Crippen molar-refractivity contribution in [2.45, 2.75) is 31.6 Å². The summed E-state index contributed by atoms with van der Waals surface area (Å²) in [5.74, 6) is -0.670. The molecule has 0 N–H and O–H groups in total.